The zero-order chi connectivity index (χ0) is 14.7. The Morgan fingerprint density at radius 3 is 2.80 bits per heavy atom. The Balaban J connectivity index is 2.00. The number of carbonyl (C=O) groups is 2. The van der Waals surface area contributed by atoms with Crippen LogP contribution in [0.4, 0.5) is 5.69 Å². The van der Waals surface area contributed by atoms with Crippen LogP contribution in [0.15, 0.2) is 18.2 Å². The van der Waals surface area contributed by atoms with Crippen LogP contribution in [0.5, 0.6) is 0 Å². The van der Waals surface area contributed by atoms with Gasteiger partial charge in [0.25, 0.3) is 0 Å². The molecule has 1 aromatic rings. The molecule has 1 aliphatic heterocycles. The second-order valence-electron chi connectivity index (χ2n) is 4.73. The topological polar surface area (TPSA) is 89.9 Å². The van der Waals surface area contributed by atoms with Gasteiger partial charge in [0.2, 0.25) is 5.91 Å². The van der Waals surface area contributed by atoms with Gasteiger partial charge in [0.05, 0.1) is 28.9 Å². The first-order chi connectivity index (χ1) is 9.45. The minimum Gasteiger partial charge on any atom is -0.478 e. The third kappa shape index (κ3) is 3.69. The largest absolute Gasteiger partial charge is 0.478 e. The number of nitrogens with one attached hydrogen (secondary N) is 1. The van der Waals surface area contributed by atoms with Crippen LogP contribution in [-0.4, -0.2) is 52.7 Å². The molecule has 1 saturated heterocycles. The van der Waals surface area contributed by atoms with Crippen LogP contribution < -0.4 is 5.32 Å². The van der Waals surface area contributed by atoms with Crippen molar-refractivity contribution in [3.8, 4) is 0 Å². The fraction of sp³-hybridized carbons (Fsp3) is 0.385. The Hall–Kier alpha value is -1.63. The van der Waals surface area contributed by atoms with Gasteiger partial charge in [0, 0.05) is 13.1 Å². The number of β-amino-alcohol motifs (C(OH)–C–C–N with tert-alkyl or cyclic N) is 1. The molecule has 3 N–H and O–H groups in total. The van der Waals surface area contributed by atoms with E-state index in [0.29, 0.717) is 19.5 Å². The highest BCUT2D eigenvalue weighted by Gasteiger charge is 2.22. The van der Waals surface area contributed by atoms with Crippen molar-refractivity contribution in [2.75, 3.05) is 25.0 Å². The highest BCUT2D eigenvalue weighted by atomic mass is 35.5. The van der Waals surface area contributed by atoms with Crippen molar-refractivity contribution in [2.45, 2.75) is 12.5 Å². The van der Waals surface area contributed by atoms with E-state index in [0.717, 1.165) is 0 Å². The molecule has 7 heteroatoms. The quantitative estimate of drug-likeness (QED) is 0.773. The monoisotopic (exact) mass is 298 g/mol. The van der Waals surface area contributed by atoms with Gasteiger partial charge >= 0.3 is 5.97 Å². The lowest BCUT2D eigenvalue weighted by molar-refractivity contribution is -0.117. The van der Waals surface area contributed by atoms with Crippen LogP contribution in [0.3, 0.4) is 0 Å². The summed E-state index contributed by atoms with van der Waals surface area (Å²) in [5, 5.41) is 21.2. The van der Waals surface area contributed by atoms with Crippen molar-refractivity contribution in [1.82, 2.24) is 4.90 Å². The number of carbonyl (C=O) groups excluding carboxylic acids is 1. The molecule has 1 atom stereocenters. The van der Waals surface area contributed by atoms with Gasteiger partial charge in [-0.15, -0.1) is 0 Å². The first-order valence-electron chi connectivity index (χ1n) is 6.19. The number of amides is 1. The molecule has 2 rings (SSSR count). The average molecular weight is 299 g/mol. The molecular formula is C13H15ClN2O4. The van der Waals surface area contributed by atoms with Gasteiger partial charge < -0.3 is 15.5 Å². The Bertz CT molecular complexity index is 535. The molecule has 0 bridgehead atoms. The number of anilines is 1. The predicted molar refractivity (Wildman–Crippen MR) is 74.1 cm³/mol. The first-order valence-corrected chi connectivity index (χ1v) is 6.56. The summed E-state index contributed by atoms with van der Waals surface area (Å²) in [5.74, 6) is -1.37. The number of rotatable bonds is 4. The van der Waals surface area contributed by atoms with Crippen molar-refractivity contribution >= 4 is 29.2 Å². The molecular weight excluding hydrogens is 284 g/mol. The van der Waals surface area contributed by atoms with E-state index in [2.05, 4.69) is 5.32 Å². The lowest BCUT2D eigenvalue weighted by atomic mass is 10.2. The number of carboxylic acids is 1. The van der Waals surface area contributed by atoms with Gasteiger partial charge in [-0.05, 0) is 24.6 Å². The maximum atomic E-state index is 11.9. The van der Waals surface area contributed by atoms with E-state index in [9.17, 15) is 14.7 Å². The SMILES string of the molecule is O=C(CN1CCC(O)C1)Nc1cc(C(=O)O)ccc1Cl. The summed E-state index contributed by atoms with van der Waals surface area (Å²) < 4.78 is 0. The highest BCUT2D eigenvalue weighted by Crippen LogP contribution is 2.23. The molecule has 0 aromatic heterocycles. The summed E-state index contributed by atoms with van der Waals surface area (Å²) in [6.45, 7) is 1.28. The number of carboxylic acid groups (broad SMARTS) is 1. The Morgan fingerprint density at radius 2 is 2.20 bits per heavy atom. The molecule has 1 amide bonds. The minimum absolute atomic E-state index is 0.0568. The maximum Gasteiger partial charge on any atom is 0.335 e. The number of halogens is 1. The van der Waals surface area contributed by atoms with Crippen LogP contribution in [0.25, 0.3) is 0 Å². The van der Waals surface area contributed by atoms with E-state index in [1.54, 1.807) is 0 Å². The third-order valence-electron chi connectivity index (χ3n) is 3.10. The molecule has 1 aromatic carbocycles. The van der Waals surface area contributed by atoms with Crippen molar-refractivity contribution in [2.24, 2.45) is 0 Å². The van der Waals surface area contributed by atoms with E-state index in [4.69, 9.17) is 16.7 Å². The molecule has 108 valence electrons. The van der Waals surface area contributed by atoms with Gasteiger partial charge in [0.15, 0.2) is 0 Å². The molecule has 1 aliphatic rings. The van der Waals surface area contributed by atoms with E-state index < -0.39 is 5.97 Å². The molecule has 1 fully saturated rings. The number of aromatic carboxylic acids is 1. The van der Waals surface area contributed by atoms with E-state index in [1.165, 1.54) is 18.2 Å². The molecule has 20 heavy (non-hydrogen) atoms. The summed E-state index contributed by atoms with van der Waals surface area (Å²) in [5.41, 5.74) is 0.331. The van der Waals surface area contributed by atoms with Crippen LogP contribution >= 0.6 is 11.6 Å². The van der Waals surface area contributed by atoms with E-state index in [-0.39, 0.29) is 34.8 Å². The second-order valence-corrected chi connectivity index (χ2v) is 5.13. The minimum atomic E-state index is -1.08. The van der Waals surface area contributed by atoms with Crippen LogP contribution in [0.1, 0.15) is 16.8 Å². The molecule has 0 saturated carbocycles. The highest BCUT2D eigenvalue weighted by molar-refractivity contribution is 6.33. The number of hydrogen-bond acceptors (Lipinski definition) is 4. The average Bonchev–Trinajstić information content (AvgIpc) is 2.77. The predicted octanol–water partition coefficient (Wildman–Crippen LogP) is 1.04. The Labute approximate surface area is 121 Å². The lowest BCUT2D eigenvalue weighted by Crippen LogP contribution is -2.32. The van der Waals surface area contributed by atoms with Crippen molar-refractivity contribution in [3.63, 3.8) is 0 Å². The molecule has 1 heterocycles. The number of benzene rings is 1. The van der Waals surface area contributed by atoms with E-state index in [1.807, 2.05) is 4.90 Å². The van der Waals surface area contributed by atoms with Crippen LogP contribution in [0.2, 0.25) is 5.02 Å². The molecule has 0 radical (unpaired) electrons. The number of aliphatic hydroxyl groups is 1. The standard InChI is InChI=1S/C13H15ClN2O4/c14-10-2-1-8(13(19)20)5-11(10)15-12(18)7-16-4-3-9(17)6-16/h1-2,5,9,17H,3-4,6-7H2,(H,15,18)(H,19,20). The maximum absolute atomic E-state index is 11.9. The third-order valence-corrected chi connectivity index (χ3v) is 3.43. The van der Waals surface area contributed by atoms with Crippen LogP contribution in [-0.2, 0) is 4.79 Å². The Morgan fingerprint density at radius 1 is 1.45 bits per heavy atom. The van der Waals surface area contributed by atoms with E-state index >= 15 is 0 Å². The normalized spacial score (nSPS) is 19.0. The smallest absolute Gasteiger partial charge is 0.335 e. The summed E-state index contributed by atoms with van der Waals surface area (Å²) in [6.07, 6.45) is 0.268. The zero-order valence-electron chi connectivity index (χ0n) is 10.7. The summed E-state index contributed by atoms with van der Waals surface area (Å²) in [4.78, 5) is 24.6. The fourth-order valence-electron chi connectivity index (χ4n) is 2.10. The van der Waals surface area contributed by atoms with Gasteiger partial charge in [-0.3, -0.25) is 9.69 Å². The first kappa shape index (κ1) is 14.8. The number of aliphatic hydroxyl groups excluding tert-OH is 1. The molecule has 1 unspecified atom stereocenters. The molecule has 0 aliphatic carbocycles. The molecule has 0 spiro atoms. The van der Waals surface area contributed by atoms with Crippen molar-refractivity contribution in [3.05, 3.63) is 28.8 Å². The lowest BCUT2D eigenvalue weighted by Gasteiger charge is -2.15. The Kier molecular flexibility index (Phi) is 4.59. The van der Waals surface area contributed by atoms with Gasteiger partial charge in [-0.2, -0.15) is 0 Å². The fourth-order valence-corrected chi connectivity index (χ4v) is 2.27. The zero-order valence-corrected chi connectivity index (χ0v) is 11.4. The van der Waals surface area contributed by atoms with Crippen molar-refractivity contribution in [1.29, 1.82) is 0 Å². The number of nitrogens with zero attached hydrogens (tertiary/aromatic N) is 1. The second kappa shape index (κ2) is 6.21. The summed E-state index contributed by atoms with van der Waals surface area (Å²) >= 11 is 5.92. The number of hydrogen-bond donors (Lipinski definition) is 3. The summed E-state index contributed by atoms with van der Waals surface area (Å²) in [6, 6.07) is 4.12. The van der Waals surface area contributed by atoms with Gasteiger partial charge in [-0.1, -0.05) is 11.6 Å². The van der Waals surface area contributed by atoms with Crippen molar-refractivity contribution < 1.29 is 19.8 Å². The number of likely N-dealkylation sites (tertiary alicyclic amines) is 1. The summed E-state index contributed by atoms with van der Waals surface area (Å²) in [7, 11) is 0. The van der Waals surface area contributed by atoms with Gasteiger partial charge in [-0.25, -0.2) is 4.79 Å². The molecule has 6 nitrogen and oxygen atoms in total. The van der Waals surface area contributed by atoms with Gasteiger partial charge in [0.1, 0.15) is 0 Å². The van der Waals surface area contributed by atoms with Crippen LogP contribution in [0, 0.1) is 0 Å².